The molecule has 0 aliphatic rings. The van der Waals surface area contributed by atoms with Crippen molar-refractivity contribution in [3.05, 3.63) is 71.4 Å². The van der Waals surface area contributed by atoms with Crippen molar-refractivity contribution < 1.29 is 0 Å². The zero-order valence-electron chi connectivity index (χ0n) is 16.5. The quantitative estimate of drug-likeness (QED) is 0.435. The van der Waals surface area contributed by atoms with Crippen molar-refractivity contribution in [1.82, 2.24) is 0 Å². The number of nitrogens with zero attached hydrogens (tertiary/aromatic N) is 1. The average molecular weight is 362 g/mol. The Balaban J connectivity index is 2.04. The molecule has 26 heavy (non-hydrogen) atoms. The highest BCUT2D eigenvalue weighted by atomic mass is 28.3. The van der Waals surface area contributed by atoms with Gasteiger partial charge in [0.25, 0.3) is 0 Å². The molecule has 1 nitrogen and oxygen atoms in total. The van der Waals surface area contributed by atoms with E-state index >= 15 is 0 Å². The van der Waals surface area contributed by atoms with E-state index in [2.05, 4.69) is 62.9 Å². The van der Waals surface area contributed by atoms with E-state index in [4.69, 9.17) is 5.26 Å². The third-order valence-corrected chi connectivity index (χ3v) is 10.6. The zero-order chi connectivity index (χ0) is 18.8. The number of hydrogen-bond donors (Lipinski definition) is 0. The molecule has 136 valence electrons. The summed E-state index contributed by atoms with van der Waals surface area (Å²) in [5.74, 6) is 0. The molecule has 0 spiro atoms. The molecule has 2 aromatic rings. The molecular weight excluding hydrogens is 330 g/mol. The number of rotatable bonds is 9. The first-order chi connectivity index (χ1) is 12.7. The van der Waals surface area contributed by atoms with Crippen LogP contribution < -0.4 is 0 Å². The zero-order valence-corrected chi connectivity index (χ0v) is 17.5. The van der Waals surface area contributed by atoms with Gasteiger partial charge in [-0.3, -0.25) is 0 Å². The van der Waals surface area contributed by atoms with E-state index < -0.39 is 8.07 Å². The summed E-state index contributed by atoms with van der Waals surface area (Å²) in [4.78, 5) is 0. The third kappa shape index (κ3) is 5.44. The van der Waals surface area contributed by atoms with Gasteiger partial charge in [0.15, 0.2) is 0 Å². The Bertz CT molecular complexity index is 731. The molecule has 0 aromatic heterocycles. The van der Waals surface area contributed by atoms with Crippen LogP contribution in [0, 0.1) is 11.3 Å². The van der Waals surface area contributed by atoms with E-state index in [1.54, 1.807) is 0 Å². The number of unbranched alkanes of at least 4 members (excludes halogenated alkanes) is 1. The van der Waals surface area contributed by atoms with Crippen LogP contribution in [0.15, 0.2) is 60.3 Å². The maximum Gasteiger partial charge on any atom is 0.0991 e. The summed E-state index contributed by atoms with van der Waals surface area (Å²) in [6.07, 6.45) is 6.07. The number of allylic oxidation sites excluding steroid dienone is 1. The van der Waals surface area contributed by atoms with Crippen molar-refractivity contribution in [2.24, 2.45) is 0 Å². The topological polar surface area (TPSA) is 23.8 Å². The highest BCUT2D eigenvalue weighted by Gasteiger charge is 2.25. The van der Waals surface area contributed by atoms with Crippen LogP contribution in [0.2, 0.25) is 18.1 Å². The van der Waals surface area contributed by atoms with Gasteiger partial charge < -0.3 is 0 Å². The molecule has 0 radical (unpaired) electrons. The minimum absolute atomic E-state index is 0.710. The molecule has 0 saturated carbocycles. The molecule has 0 amide bonds. The molecule has 0 unspecified atom stereocenters. The Kier molecular flexibility index (Phi) is 7.88. The largest absolute Gasteiger partial charge is 0.192 e. The van der Waals surface area contributed by atoms with Crippen molar-refractivity contribution in [3.8, 4) is 17.2 Å². The number of benzene rings is 2. The lowest BCUT2D eigenvalue weighted by Crippen LogP contribution is -2.30. The summed E-state index contributed by atoms with van der Waals surface area (Å²) >= 11 is 0. The highest BCUT2D eigenvalue weighted by Crippen LogP contribution is 2.26. The SMILES string of the molecule is CCCC=C[Si](CC)(CC)CCc1ccc(-c2ccc(C#N)cc2)cc1. The second-order valence-electron chi connectivity index (χ2n) is 7.15. The minimum atomic E-state index is -1.26. The average Bonchev–Trinajstić information content (AvgIpc) is 2.71. The molecule has 0 atom stereocenters. The van der Waals surface area contributed by atoms with Crippen LogP contribution in [0.1, 0.15) is 44.7 Å². The molecule has 0 saturated heterocycles. The molecule has 0 fully saturated rings. The first-order valence-electron chi connectivity index (χ1n) is 9.93. The predicted octanol–water partition coefficient (Wildman–Crippen LogP) is 7.15. The van der Waals surface area contributed by atoms with Crippen molar-refractivity contribution in [2.75, 3.05) is 0 Å². The summed E-state index contributed by atoms with van der Waals surface area (Å²) in [6.45, 7) is 7.00. The van der Waals surface area contributed by atoms with Gasteiger partial charge in [-0.15, -0.1) is 0 Å². The van der Waals surface area contributed by atoms with Gasteiger partial charge >= 0.3 is 0 Å². The van der Waals surface area contributed by atoms with Crippen LogP contribution in [0.5, 0.6) is 0 Å². The van der Waals surface area contributed by atoms with Gasteiger partial charge in [0, 0.05) is 0 Å². The van der Waals surface area contributed by atoms with Crippen molar-refractivity contribution in [3.63, 3.8) is 0 Å². The second-order valence-corrected chi connectivity index (χ2v) is 12.1. The van der Waals surface area contributed by atoms with Crippen molar-refractivity contribution in [1.29, 1.82) is 5.26 Å². The molecule has 0 bridgehead atoms. The van der Waals surface area contributed by atoms with Gasteiger partial charge in [-0.1, -0.05) is 87.5 Å². The molecule has 0 heterocycles. The van der Waals surface area contributed by atoms with Crippen LogP contribution in [0.4, 0.5) is 0 Å². The summed E-state index contributed by atoms with van der Waals surface area (Å²) in [5.41, 5.74) is 7.15. The van der Waals surface area contributed by atoms with E-state index in [9.17, 15) is 0 Å². The fourth-order valence-electron chi connectivity index (χ4n) is 3.42. The Morgan fingerprint density at radius 2 is 1.46 bits per heavy atom. The van der Waals surface area contributed by atoms with Gasteiger partial charge in [-0.25, -0.2) is 0 Å². The Labute approximate surface area is 160 Å². The van der Waals surface area contributed by atoms with Crippen LogP contribution >= 0.6 is 0 Å². The van der Waals surface area contributed by atoms with Gasteiger partial charge in [0.05, 0.1) is 19.7 Å². The standard InChI is InChI=1S/C24H31NSi/c1-4-7-8-18-26(5-2,6-3)19-17-21-9-13-23(14-10-21)24-15-11-22(20-25)12-16-24/h8-16,18H,4-7,17,19H2,1-3H3. The Hall–Kier alpha value is -2.11. The van der Waals surface area contributed by atoms with E-state index in [1.165, 1.54) is 54.1 Å². The maximum atomic E-state index is 8.92. The molecule has 2 heteroatoms. The summed E-state index contributed by atoms with van der Waals surface area (Å²) in [6, 6.07) is 23.0. The van der Waals surface area contributed by atoms with Crippen molar-refractivity contribution in [2.45, 2.75) is 58.2 Å². The Morgan fingerprint density at radius 3 is 1.96 bits per heavy atom. The summed E-state index contributed by atoms with van der Waals surface area (Å²) in [5, 5.41) is 8.92. The highest BCUT2D eigenvalue weighted by molar-refractivity contribution is 6.84. The monoisotopic (exact) mass is 361 g/mol. The molecular formula is C24H31NSi. The van der Waals surface area contributed by atoms with Gasteiger partial charge in [-0.05, 0) is 47.7 Å². The lowest BCUT2D eigenvalue weighted by atomic mass is 10.0. The smallest absolute Gasteiger partial charge is 0.0991 e. The lowest BCUT2D eigenvalue weighted by molar-refractivity contribution is 0.957. The number of hydrogen-bond acceptors (Lipinski definition) is 1. The normalized spacial score (nSPS) is 11.6. The van der Waals surface area contributed by atoms with Crippen molar-refractivity contribution >= 4 is 8.07 Å². The Morgan fingerprint density at radius 1 is 0.885 bits per heavy atom. The summed E-state index contributed by atoms with van der Waals surface area (Å²) < 4.78 is 0. The van der Waals surface area contributed by atoms with Crippen LogP contribution in [-0.2, 0) is 6.42 Å². The maximum absolute atomic E-state index is 8.92. The fraction of sp³-hybridized carbons (Fsp3) is 0.375. The molecule has 0 aliphatic carbocycles. The minimum Gasteiger partial charge on any atom is -0.192 e. The molecule has 0 aliphatic heterocycles. The first-order valence-corrected chi connectivity index (χ1v) is 12.6. The van der Waals surface area contributed by atoms with E-state index in [1.807, 2.05) is 24.3 Å². The molecule has 2 rings (SSSR count). The fourth-order valence-corrected chi connectivity index (χ4v) is 6.72. The number of aryl methyl sites for hydroxylation is 1. The lowest BCUT2D eigenvalue weighted by Gasteiger charge is -2.26. The molecule has 2 aromatic carbocycles. The van der Waals surface area contributed by atoms with Gasteiger partial charge in [0.2, 0.25) is 0 Å². The second kappa shape index (κ2) is 10.1. The van der Waals surface area contributed by atoms with Gasteiger partial charge in [0.1, 0.15) is 0 Å². The summed E-state index contributed by atoms with van der Waals surface area (Å²) in [7, 11) is -1.26. The first kappa shape index (κ1) is 20.2. The number of nitriles is 1. The van der Waals surface area contributed by atoms with Crippen LogP contribution in [0.25, 0.3) is 11.1 Å². The van der Waals surface area contributed by atoms with Crippen LogP contribution in [0.3, 0.4) is 0 Å². The third-order valence-electron chi connectivity index (χ3n) is 5.55. The van der Waals surface area contributed by atoms with E-state index in [0.29, 0.717) is 5.56 Å². The van der Waals surface area contributed by atoms with E-state index in [-0.39, 0.29) is 0 Å². The van der Waals surface area contributed by atoms with E-state index in [0.717, 1.165) is 0 Å². The van der Waals surface area contributed by atoms with Crippen LogP contribution in [-0.4, -0.2) is 8.07 Å². The predicted molar refractivity (Wildman–Crippen MR) is 116 cm³/mol. The van der Waals surface area contributed by atoms with Gasteiger partial charge in [-0.2, -0.15) is 5.26 Å². The molecule has 0 N–H and O–H groups in total.